The molecule has 0 radical (unpaired) electrons. The van der Waals surface area contributed by atoms with E-state index < -0.39 is 11.5 Å². The van der Waals surface area contributed by atoms with Gasteiger partial charge in [0.05, 0.1) is 6.61 Å². The van der Waals surface area contributed by atoms with Crippen LogP contribution in [-0.2, 0) is 9.53 Å². The second kappa shape index (κ2) is 6.97. The number of hydrogen-bond donors (Lipinski definition) is 1. The van der Waals surface area contributed by atoms with E-state index in [1.165, 1.54) is 0 Å². The first-order valence-electron chi connectivity index (χ1n) is 6.28. The minimum Gasteiger partial charge on any atom is -0.480 e. The molecule has 0 aromatic heterocycles. The summed E-state index contributed by atoms with van der Waals surface area (Å²) in [7, 11) is 1.64. The average Bonchev–Trinajstić information content (AvgIpc) is 2.17. The molecule has 0 aromatic carbocycles. The summed E-state index contributed by atoms with van der Waals surface area (Å²) in [6.07, 6.45) is 0.643. The highest BCUT2D eigenvalue weighted by atomic mass is 16.5. The lowest BCUT2D eigenvalue weighted by atomic mass is 9.88. The molecule has 0 saturated carbocycles. The molecule has 0 aliphatic rings. The van der Waals surface area contributed by atoms with E-state index in [1.54, 1.807) is 7.11 Å². The van der Waals surface area contributed by atoms with Crippen LogP contribution in [-0.4, -0.2) is 47.8 Å². The molecule has 0 aromatic rings. The zero-order valence-electron chi connectivity index (χ0n) is 12.0. The maximum absolute atomic E-state index is 11.6. The van der Waals surface area contributed by atoms with E-state index in [4.69, 9.17) is 4.74 Å². The largest absolute Gasteiger partial charge is 0.480 e. The van der Waals surface area contributed by atoms with Crippen LogP contribution in [0.15, 0.2) is 0 Å². The van der Waals surface area contributed by atoms with Gasteiger partial charge in [0.25, 0.3) is 0 Å². The van der Waals surface area contributed by atoms with Crippen molar-refractivity contribution < 1.29 is 14.6 Å². The van der Waals surface area contributed by atoms with E-state index >= 15 is 0 Å². The Kier molecular flexibility index (Phi) is 6.72. The van der Waals surface area contributed by atoms with Crippen LogP contribution in [0.2, 0.25) is 0 Å². The molecule has 4 heteroatoms. The smallest absolute Gasteiger partial charge is 0.323 e. The highest BCUT2D eigenvalue weighted by Gasteiger charge is 2.41. The van der Waals surface area contributed by atoms with Crippen molar-refractivity contribution in [1.82, 2.24) is 4.90 Å². The Morgan fingerprint density at radius 1 is 1.41 bits per heavy atom. The SMILES string of the molecule is CCN(C(C)COC)C(C)(CC(C)C)C(=O)O. The number of carboxylic acids is 1. The number of likely N-dealkylation sites (N-methyl/N-ethyl adjacent to an activating group) is 1. The van der Waals surface area contributed by atoms with E-state index in [0.29, 0.717) is 25.5 Å². The van der Waals surface area contributed by atoms with Crippen molar-refractivity contribution in [3.63, 3.8) is 0 Å². The molecular formula is C13H27NO3. The van der Waals surface area contributed by atoms with Gasteiger partial charge in [-0.1, -0.05) is 20.8 Å². The average molecular weight is 245 g/mol. The van der Waals surface area contributed by atoms with Gasteiger partial charge in [-0.05, 0) is 32.7 Å². The zero-order valence-corrected chi connectivity index (χ0v) is 12.0. The van der Waals surface area contributed by atoms with Gasteiger partial charge in [-0.25, -0.2) is 0 Å². The fraction of sp³-hybridized carbons (Fsp3) is 0.923. The molecule has 0 saturated heterocycles. The molecule has 102 valence electrons. The Morgan fingerprint density at radius 3 is 2.24 bits per heavy atom. The summed E-state index contributed by atoms with van der Waals surface area (Å²) in [5.41, 5.74) is -0.819. The zero-order chi connectivity index (χ0) is 13.6. The van der Waals surface area contributed by atoms with Gasteiger partial charge in [0, 0.05) is 13.2 Å². The van der Waals surface area contributed by atoms with Crippen molar-refractivity contribution in [3.8, 4) is 0 Å². The number of carboxylic acid groups (broad SMARTS) is 1. The van der Waals surface area contributed by atoms with E-state index in [1.807, 2.05) is 25.7 Å². The molecule has 0 heterocycles. The van der Waals surface area contributed by atoms with Gasteiger partial charge in [0.1, 0.15) is 5.54 Å². The van der Waals surface area contributed by atoms with Crippen LogP contribution in [0.1, 0.15) is 41.0 Å². The second-order valence-corrected chi connectivity index (χ2v) is 5.27. The first-order valence-corrected chi connectivity index (χ1v) is 6.28. The maximum atomic E-state index is 11.6. The van der Waals surface area contributed by atoms with Gasteiger partial charge in [0.15, 0.2) is 0 Å². The minimum atomic E-state index is -0.819. The van der Waals surface area contributed by atoms with Crippen molar-refractivity contribution in [2.75, 3.05) is 20.3 Å². The number of nitrogens with zero attached hydrogens (tertiary/aromatic N) is 1. The fourth-order valence-corrected chi connectivity index (χ4v) is 2.60. The Balaban J connectivity index is 5.04. The van der Waals surface area contributed by atoms with Gasteiger partial charge < -0.3 is 9.84 Å². The van der Waals surface area contributed by atoms with E-state index in [2.05, 4.69) is 13.8 Å². The third-order valence-corrected chi connectivity index (χ3v) is 3.18. The van der Waals surface area contributed by atoms with Crippen LogP contribution >= 0.6 is 0 Å². The highest BCUT2D eigenvalue weighted by molar-refractivity contribution is 5.78. The van der Waals surface area contributed by atoms with Crippen LogP contribution in [0.5, 0.6) is 0 Å². The number of carbonyl (C=O) groups is 1. The lowest BCUT2D eigenvalue weighted by Crippen LogP contribution is -2.57. The number of hydrogen-bond acceptors (Lipinski definition) is 3. The minimum absolute atomic E-state index is 0.102. The van der Waals surface area contributed by atoms with Crippen molar-refractivity contribution in [1.29, 1.82) is 0 Å². The molecule has 0 fully saturated rings. The standard InChI is InChI=1S/C13H27NO3/c1-7-14(11(4)9-17-6)13(5,12(15)16)8-10(2)3/h10-11H,7-9H2,1-6H3,(H,15,16). The molecule has 4 nitrogen and oxygen atoms in total. The predicted octanol–water partition coefficient (Wildman–Crippen LogP) is 2.23. The van der Waals surface area contributed by atoms with Crippen LogP contribution in [0, 0.1) is 5.92 Å². The van der Waals surface area contributed by atoms with Gasteiger partial charge in [-0.3, -0.25) is 9.69 Å². The summed E-state index contributed by atoms with van der Waals surface area (Å²) in [5.74, 6) is -0.407. The van der Waals surface area contributed by atoms with Crippen molar-refractivity contribution in [2.45, 2.75) is 52.6 Å². The van der Waals surface area contributed by atoms with Crippen LogP contribution < -0.4 is 0 Å². The summed E-state index contributed by atoms with van der Waals surface area (Å²) in [4.78, 5) is 13.6. The van der Waals surface area contributed by atoms with Gasteiger partial charge in [-0.15, -0.1) is 0 Å². The van der Waals surface area contributed by atoms with E-state index in [-0.39, 0.29) is 6.04 Å². The fourth-order valence-electron chi connectivity index (χ4n) is 2.60. The normalized spacial score (nSPS) is 17.2. The number of ether oxygens (including phenoxy) is 1. The van der Waals surface area contributed by atoms with Crippen molar-refractivity contribution in [2.24, 2.45) is 5.92 Å². The molecule has 0 spiro atoms. The molecule has 17 heavy (non-hydrogen) atoms. The van der Waals surface area contributed by atoms with Gasteiger partial charge in [0.2, 0.25) is 0 Å². The molecule has 0 aliphatic heterocycles. The number of rotatable bonds is 8. The van der Waals surface area contributed by atoms with Gasteiger partial charge in [-0.2, -0.15) is 0 Å². The van der Waals surface area contributed by atoms with Gasteiger partial charge >= 0.3 is 5.97 Å². The first-order chi connectivity index (χ1) is 7.79. The third kappa shape index (κ3) is 4.28. The predicted molar refractivity (Wildman–Crippen MR) is 69.2 cm³/mol. The molecule has 0 bridgehead atoms. The Morgan fingerprint density at radius 2 is 1.94 bits per heavy atom. The van der Waals surface area contributed by atoms with E-state index in [9.17, 15) is 9.90 Å². The number of aliphatic carboxylic acids is 1. The van der Waals surface area contributed by atoms with Crippen LogP contribution in [0.3, 0.4) is 0 Å². The second-order valence-electron chi connectivity index (χ2n) is 5.27. The summed E-state index contributed by atoms with van der Waals surface area (Å²) < 4.78 is 5.13. The summed E-state index contributed by atoms with van der Waals surface area (Å²) in [6.45, 7) is 11.2. The van der Waals surface area contributed by atoms with Crippen molar-refractivity contribution >= 4 is 5.97 Å². The Bertz CT molecular complexity index is 243. The molecule has 0 amide bonds. The topological polar surface area (TPSA) is 49.8 Å². The maximum Gasteiger partial charge on any atom is 0.323 e. The van der Waals surface area contributed by atoms with Crippen LogP contribution in [0.25, 0.3) is 0 Å². The van der Waals surface area contributed by atoms with Crippen molar-refractivity contribution in [3.05, 3.63) is 0 Å². The highest BCUT2D eigenvalue weighted by Crippen LogP contribution is 2.26. The van der Waals surface area contributed by atoms with E-state index in [0.717, 1.165) is 0 Å². The monoisotopic (exact) mass is 245 g/mol. The lowest BCUT2D eigenvalue weighted by molar-refractivity contribution is -0.154. The Hall–Kier alpha value is -0.610. The number of methoxy groups -OCH3 is 1. The summed E-state index contributed by atoms with van der Waals surface area (Å²) in [5, 5.41) is 9.52. The molecule has 0 aliphatic carbocycles. The molecule has 2 atom stereocenters. The Labute approximate surface area is 105 Å². The third-order valence-electron chi connectivity index (χ3n) is 3.18. The first kappa shape index (κ1) is 16.4. The molecule has 0 rings (SSSR count). The molecule has 2 unspecified atom stereocenters. The van der Waals surface area contributed by atoms with Crippen LogP contribution in [0.4, 0.5) is 0 Å². The lowest BCUT2D eigenvalue weighted by Gasteiger charge is -2.42. The summed E-state index contributed by atoms with van der Waals surface area (Å²) >= 11 is 0. The summed E-state index contributed by atoms with van der Waals surface area (Å²) in [6, 6.07) is 0.102. The molecule has 1 N–H and O–H groups in total. The quantitative estimate of drug-likeness (QED) is 0.712. The molecular weight excluding hydrogens is 218 g/mol.